The summed E-state index contributed by atoms with van der Waals surface area (Å²) in [5, 5.41) is 7.65. The fourth-order valence-corrected chi connectivity index (χ4v) is 4.46. The van der Waals surface area contributed by atoms with Gasteiger partial charge in [-0.2, -0.15) is 5.10 Å². The third kappa shape index (κ3) is 2.97. The van der Waals surface area contributed by atoms with Crippen molar-refractivity contribution in [3.05, 3.63) is 76.5 Å². The smallest absolute Gasteiger partial charge is 0.256 e. The average molecular weight is 365 g/mol. The molecule has 1 aliphatic rings. The number of aromatic nitrogens is 2. The standard InChI is InChI=1S/C20H19N3O2S/c1-13-6-5-8-15(10-13)20(24)21-19-16-11-26(25)12-17(16)22-23(19)18-9-4-3-7-14(18)2/h3-10H,11-12H2,1-2H3,(H,21,24)/t26-/m0/s1. The predicted molar refractivity (Wildman–Crippen MR) is 103 cm³/mol. The molecular weight excluding hydrogens is 346 g/mol. The first-order valence-corrected chi connectivity index (χ1v) is 9.91. The monoisotopic (exact) mass is 365 g/mol. The Balaban J connectivity index is 1.78. The lowest BCUT2D eigenvalue weighted by Gasteiger charge is -2.13. The summed E-state index contributed by atoms with van der Waals surface area (Å²) in [4.78, 5) is 12.8. The molecule has 0 spiro atoms. The Morgan fingerprint density at radius 2 is 1.92 bits per heavy atom. The van der Waals surface area contributed by atoms with Crippen LogP contribution in [0.15, 0.2) is 48.5 Å². The lowest BCUT2D eigenvalue weighted by atomic mass is 10.1. The van der Waals surface area contributed by atoms with Gasteiger partial charge in [0.05, 0.1) is 22.9 Å². The zero-order chi connectivity index (χ0) is 18.3. The van der Waals surface area contributed by atoms with E-state index in [4.69, 9.17) is 0 Å². The predicted octanol–water partition coefficient (Wildman–Crippen LogP) is 3.50. The fraction of sp³-hybridized carbons (Fsp3) is 0.200. The van der Waals surface area contributed by atoms with Crippen molar-refractivity contribution in [3.63, 3.8) is 0 Å². The van der Waals surface area contributed by atoms with Crippen LogP contribution >= 0.6 is 0 Å². The van der Waals surface area contributed by atoms with E-state index < -0.39 is 10.8 Å². The van der Waals surface area contributed by atoms with Crippen molar-refractivity contribution in [2.45, 2.75) is 25.4 Å². The van der Waals surface area contributed by atoms with E-state index >= 15 is 0 Å². The Bertz CT molecular complexity index is 1040. The van der Waals surface area contributed by atoms with Gasteiger partial charge in [0, 0.05) is 21.9 Å². The number of aryl methyl sites for hydroxylation is 2. The molecule has 5 nitrogen and oxygen atoms in total. The van der Waals surface area contributed by atoms with Crippen LogP contribution in [0.3, 0.4) is 0 Å². The molecule has 1 atom stereocenters. The maximum absolute atomic E-state index is 12.8. The van der Waals surface area contributed by atoms with Gasteiger partial charge in [0.25, 0.3) is 5.91 Å². The molecular formula is C20H19N3O2S. The van der Waals surface area contributed by atoms with Crippen molar-refractivity contribution in [3.8, 4) is 5.69 Å². The second kappa shape index (κ2) is 6.53. The normalized spacial score (nSPS) is 15.7. The number of anilines is 1. The van der Waals surface area contributed by atoms with Crippen molar-refractivity contribution < 1.29 is 9.00 Å². The Labute approximate surface area is 154 Å². The molecule has 4 rings (SSSR count). The summed E-state index contributed by atoms with van der Waals surface area (Å²) in [6, 6.07) is 15.3. The van der Waals surface area contributed by atoms with Crippen LogP contribution in [0, 0.1) is 13.8 Å². The molecule has 0 bridgehead atoms. The van der Waals surface area contributed by atoms with E-state index in [-0.39, 0.29) is 5.91 Å². The minimum atomic E-state index is -0.959. The molecule has 2 aromatic carbocycles. The summed E-state index contributed by atoms with van der Waals surface area (Å²) in [6.45, 7) is 3.96. The van der Waals surface area contributed by atoms with E-state index in [9.17, 15) is 9.00 Å². The highest BCUT2D eigenvalue weighted by Gasteiger charge is 2.28. The van der Waals surface area contributed by atoms with Crippen LogP contribution in [0.2, 0.25) is 0 Å². The molecule has 0 radical (unpaired) electrons. The highest BCUT2D eigenvalue weighted by Crippen LogP contribution is 2.32. The van der Waals surface area contributed by atoms with E-state index in [2.05, 4.69) is 10.4 Å². The third-order valence-corrected chi connectivity index (χ3v) is 5.73. The van der Waals surface area contributed by atoms with Gasteiger partial charge in [0.15, 0.2) is 0 Å². The quantitative estimate of drug-likeness (QED) is 0.773. The number of rotatable bonds is 3. The van der Waals surface area contributed by atoms with Crippen LogP contribution in [-0.4, -0.2) is 19.9 Å². The van der Waals surface area contributed by atoms with Gasteiger partial charge in [0.2, 0.25) is 0 Å². The summed E-state index contributed by atoms with van der Waals surface area (Å²) in [7, 11) is -0.959. The first kappa shape index (κ1) is 16.7. The molecule has 6 heteroatoms. The molecule has 3 aromatic rings. The van der Waals surface area contributed by atoms with Gasteiger partial charge in [-0.15, -0.1) is 0 Å². The first-order chi connectivity index (χ1) is 12.5. The van der Waals surface area contributed by atoms with Gasteiger partial charge in [-0.1, -0.05) is 35.9 Å². The topological polar surface area (TPSA) is 64.0 Å². The molecule has 2 heterocycles. The maximum atomic E-state index is 12.8. The molecule has 0 fully saturated rings. The molecule has 0 saturated heterocycles. The molecule has 1 aromatic heterocycles. The number of nitrogens with zero attached hydrogens (tertiary/aromatic N) is 2. The van der Waals surface area contributed by atoms with Gasteiger partial charge >= 0.3 is 0 Å². The summed E-state index contributed by atoms with van der Waals surface area (Å²) < 4.78 is 13.7. The van der Waals surface area contributed by atoms with Crippen LogP contribution in [0.25, 0.3) is 5.69 Å². The minimum Gasteiger partial charge on any atom is -0.306 e. The number of hydrogen-bond acceptors (Lipinski definition) is 3. The number of carbonyl (C=O) groups is 1. The molecule has 0 aliphatic carbocycles. The van der Waals surface area contributed by atoms with Crippen molar-refractivity contribution in [2.24, 2.45) is 0 Å². The number of para-hydroxylation sites is 1. The first-order valence-electron chi connectivity index (χ1n) is 8.42. The van der Waals surface area contributed by atoms with E-state index in [1.807, 2.05) is 56.3 Å². The van der Waals surface area contributed by atoms with Crippen molar-refractivity contribution in [1.29, 1.82) is 0 Å². The number of fused-ring (bicyclic) bond motifs is 1. The van der Waals surface area contributed by atoms with E-state index in [0.717, 1.165) is 28.1 Å². The highest BCUT2D eigenvalue weighted by molar-refractivity contribution is 7.83. The van der Waals surface area contributed by atoms with E-state index in [0.29, 0.717) is 22.9 Å². The van der Waals surface area contributed by atoms with Gasteiger partial charge in [0.1, 0.15) is 5.82 Å². The lowest BCUT2D eigenvalue weighted by molar-refractivity contribution is 0.102. The van der Waals surface area contributed by atoms with E-state index in [1.165, 1.54) is 0 Å². The Morgan fingerprint density at radius 3 is 2.69 bits per heavy atom. The molecule has 1 N–H and O–H groups in total. The molecule has 132 valence electrons. The molecule has 0 unspecified atom stereocenters. The van der Waals surface area contributed by atoms with Crippen molar-refractivity contribution in [1.82, 2.24) is 9.78 Å². The molecule has 1 amide bonds. The Hall–Kier alpha value is -2.73. The molecule has 1 aliphatic heterocycles. The third-order valence-electron chi connectivity index (χ3n) is 4.53. The number of benzene rings is 2. The fourth-order valence-electron chi connectivity index (χ4n) is 3.20. The van der Waals surface area contributed by atoms with Crippen LogP contribution in [0.5, 0.6) is 0 Å². The van der Waals surface area contributed by atoms with Gasteiger partial charge in [-0.05, 0) is 37.6 Å². The highest BCUT2D eigenvalue weighted by atomic mass is 32.2. The van der Waals surface area contributed by atoms with Crippen LogP contribution in [0.4, 0.5) is 5.82 Å². The minimum absolute atomic E-state index is 0.191. The zero-order valence-electron chi connectivity index (χ0n) is 14.7. The summed E-state index contributed by atoms with van der Waals surface area (Å²) in [6.07, 6.45) is 0. The Kier molecular flexibility index (Phi) is 4.20. The van der Waals surface area contributed by atoms with Crippen molar-refractivity contribution >= 4 is 22.5 Å². The van der Waals surface area contributed by atoms with Crippen LogP contribution < -0.4 is 5.32 Å². The number of amides is 1. The summed E-state index contributed by atoms with van der Waals surface area (Å²) in [5.41, 5.74) is 5.25. The van der Waals surface area contributed by atoms with Crippen LogP contribution in [0.1, 0.15) is 32.7 Å². The second-order valence-electron chi connectivity index (χ2n) is 6.52. The molecule has 0 saturated carbocycles. The van der Waals surface area contributed by atoms with Gasteiger partial charge < -0.3 is 5.32 Å². The van der Waals surface area contributed by atoms with Gasteiger partial charge in [-0.25, -0.2) is 4.68 Å². The molecule has 26 heavy (non-hydrogen) atoms. The average Bonchev–Trinajstić information content (AvgIpc) is 3.12. The summed E-state index contributed by atoms with van der Waals surface area (Å²) in [5.74, 6) is 1.28. The van der Waals surface area contributed by atoms with E-state index in [1.54, 1.807) is 10.7 Å². The Morgan fingerprint density at radius 1 is 1.12 bits per heavy atom. The largest absolute Gasteiger partial charge is 0.306 e. The number of carbonyl (C=O) groups excluding carboxylic acids is 1. The summed E-state index contributed by atoms with van der Waals surface area (Å²) >= 11 is 0. The SMILES string of the molecule is Cc1cccc(C(=O)Nc2c3c(nn2-c2ccccc2C)C[S@@](=O)C3)c1. The number of hydrogen-bond donors (Lipinski definition) is 1. The van der Waals surface area contributed by atoms with Gasteiger partial charge in [-0.3, -0.25) is 9.00 Å². The maximum Gasteiger partial charge on any atom is 0.256 e. The van der Waals surface area contributed by atoms with Crippen LogP contribution in [-0.2, 0) is 22.3 Å². The second-order valence-corrected chi connectivity index (χ2v) is 7.98. The van der Waals surface area contributed by atoms with Crippen molar-refractivity contribution in [2.75, 3.05) is 5.32 Å². The number of nitrogens with one attached hydrogen (secondary N) is 1. The lowest BCUT2D eigenvalue weighted by Crippen LogP contribution is -2.17. The zero-order valence-corrected chi connectivity index (χ0v) is 15.5.